The van der Waals surface area contributed by atoms with Crippen LogP contribution in [0.2, 0.25) is 0 Å². The van der Waals surface area contributed by atoms with Gasteiger partial charge in [0.05, 0.1) is 6.61 Å². The topological polar surface area (TPSA) is 29.5 Å². The predicted molar refractivity (Wildman–Crippen MR) is 84.7 cm³/mol. The summed E-state index contributed by atoms with van der Waals surface area (Å²) in [6.45, 7) is 2.75. The van der Waals surface area contributed by atoms with Crippen molar-refractivity contribution in [1.29, 1.82) is 0 Å². The molecule has 1 fully saturated rings. The smallest absolute Gasteiger partial charge is 0.125 e. The summed E-state index contributed by atoms with van der Waals surface area (Å²) in [7, 11) is 0. The Morgan fingerprint density at radius 1 is 1.14 bits per heavy atom. The van der Waals surface area contributed by atoms with Crippen molar-refractivity contribution in [2.75, 3.05) is 6.61 Å². The molecule has 1 unspecified atom stereocenters. The van der Waals surface area contributed by atoms with Crippen molar-refractivity contribution in [3.05, 3.63) is 65.2 Å². The normalized spacial score (nSPS) is 15.7. The average molecular weight is 282 g/mol. The molecule has 1 saturated carbocycles. The van der Waals surface area contributed by atoms with E-state index in [1.807, 2.05) is 36.4 Å². The first-order valence-corrected chi connectivity index (χ1v) is 7.79. The fraction of sp³-hybridized carbons (Fsp3) is 0.368. The molecule has 0 amide bonds. The maximum absolute atomic E-state index is 10.7. The lowest BCUT2D eigenvalue weighted by Crippen LogP contribution is -2.05. The summed E-state index contributed by atoms with van der Waals surface area (Å²) >= 11 is 0. The zero-order valence-corrected chi connectivity index (χ0v) is 12.5. The minimum Gasteiger partial charge on any atom is -0.493 e. The van der Waals surface area contributed by atoms with Crippen LogP contribution in [0, 0.1) is 0 Å². The van der Waals surface area contributed by atoms with Crippen molar-refractivity contribution >= 4 is 0 Å². The van der Waals surface area contributed by atoms with Crippen molar-refractivity contribution in [3.63, 3.8) is 0 Å². The van der Waals surface area contributed by atoms with Gasteiger partial charge in [0.25, 0.3) is 0 Å². The van der Waals surface area contributed by atoms with E-state index in [0.717, 1.165) is 23.3 Å². The molecule has 21 heavy (non-hydrogen) atoms. The lowest BCUT2D eigenvalue weighted by molar-refractivity contribution is 0.210. The second-order valence-corrected chi connectivity index (χ2v) is 5.73. The van der Waals surface area contributed by atoms with Gasteiger partial charge in [-0.1, -0.05) is 49.4 Å². The van der Waals surface area contributed by atoms with E-state index in [0.29, 0.717) is 12.5 Å². The highest BCUT2D eigenvalue weighted by molar-refractivity contribution is 5.41. The van der Waals surface area contributed by atoms with E-state index in [4.69, 9.17) is 4.74 Å². The molecule has 110 valence electrons. The SMILES string of the molecule is CCCOc1ccccc1C(O)c1cccc(C2CC2)c1. The van der Waals surface area contributed by atoms with Crippen LogP contribution in [0.1, 0.15) is 54.9 Å². The molecule has 0 heterocycles. The molecule has 0 bridgehead atoms. The Kier molecular flexibility index (Phi) is 4.26. The van der Waals surface area contributed by atoms with Gasteiger partial charge < -0.3 is 9.84 Å². The van der Waals surface area contributed by atoms with Crippen LogP contribution in [-0.2, 0) is 0 Å². The lowest BCUT2D eigenvalue weighted by atomic mass is 9.98. The number of hydrogen-bond acceptors (Lipinski definition) is 2. The average Bonchev–Trinajstić information content (AvgIpc) is 3.37. The van der Waals surface area contributed by atoms with Gasteiger partial charge in [0.1, 0.15) is 11.9 Å². The fourth-order valence-corrected chi connectivity index (χ4v) is 2.63. The Morgan fingerprint density at radius 2 is 1.95 bits per heavy atom. The lowest BCUT2D eigenvalue weighted by Gasteiger charge is -2.17. The molecule has 0 saturated heterocycles. The van der Waals surface area contributed by atoms with Gasteiger partial charge in [-0.05, 0) is 42.4 Å². The molecular weight excluding hydrogens is 260 g/mol. The van der Waals surface area contributed by atoms with Gasteiger partial charge >= 0.3 is 0 Å². The van der Waals surface area contributed by atoms with Crippen LogP contribution >= 0.6 is 0 Å². The highest BCUT2D eigenvalue weighted by Crippen LogP contribution is 2.41. The van der Waals surface area contributed by atoms with Gasteiger partial charge in [0, 0.05) is 5.56 Å². The van der Waals surface area contributed by atoms with Gasteiger partial charge in [-0.2, -0.15) is 0 Å². The summed E-state index contributed by atoms with van der Waals surface area (Å²) < 4.78 is 5.76. The first kappa shape index (κ1) is 14.2. The van der Waals surface area contributed by atoms with Gasteiger partial charge in [-0.15, -0.1) is 0 Å². The molecule has 2 aromatic carbocycles. The number of ether oxygens (including phenoxy) is 1. The van der Waals surface area contributed by atoms with Gasteiger partial charge in [0.15, 0.2) is 0 Å². The number of aliphatic hydroxyl groups is 1. The van der Waals surface area contributed by atoms with Crippen molar-refractivity contribution in [2.24, 2.45) is 0 Å². The highest BCUT2D eigenvalue weighted by Gasteiger charge is 2.24. The van der Waals surface area contributed by atoms with E-state index < -0.39 is 6.10 Å². The van der Waals surface area contributed by atoms with Crippen LogP contribution in [-0.4, -0.2) is 11.7 Å². The molecular formula is C19H22O2. The molecule has 2 heteroatoms. The summed E-state index contributed by atoms with van der Waals surface area (Å²) in [5.41, 5.74) is 3.14. The van der Waals surface area contributed by atoms with Crippen molar-refractivity contribution in [2.45, 2.75) is 38.2 Å². The van der Waals surface area contributed by atoms with Crippen LogP contribution in [0.15, 0.2) is 48.5 Å². The Hall–Kier alpha value is -1.80. The van der Waals surface area contributed by atoms with E-state index in [9.17, 15) is 5.11 Å². The standard InChI is InChI=1S/C19H22O2/c1-2-12-21-18-9-4-3-8-17(18)19(20)16-7-5-6-15(13-16)14-10-11-14/h3-9,13-14,19-20H,2,10-12H2,1H3. The quantitative estimate of drug-likeness (QED) is 0.849. The van der Waals surface area contributed by atoms with Crippen LogP contribution < -0.4 is 4.74 Å². The summed E-state index contributed by atoms with van der Waals surface area (Å²) in [6.07, 6.45) is 2.88. The second-order valence-electron chi connectivity index (χ2n) is 5.73. The zero-order chi connectivity index (χ0) is 14.7. The number of aliphatic hydroxyl groups excluding tert-OH is 1. The van der Waals surface area contributed by atoms with E-state index in [-0.39, 0.29) is 0 Å². The molecule has 0 aromatic heterocycles. The first-order chi connectivity index (χ1) is 10.3. The van der Waals surface area contributed by atoms with Crippen LogP contribution in [0.4, 0.5) is 0 Å². The van der Waals surface area contributed by atoms with E-state index in [2.05, 4.69) is 19.1 Å². The van der Waals surface area contributed by atoms with E-state index in [1.165, 1.54) is 18.4 Å². The van der Waals surface area contributed by atoms with Crippen molar-refractivity contribution in [3.8, 4) is 5.75 Å². The van der Waals surface area contributed by atoms with Gasteiger partial charge in [-0.25, -0.2) is 0 Å². The predicted octanol–water partition coefficient (Wildman–Crippen LogP) is 4.43. The zero-order valence-electron chi connectivity index (χ0n) is 12.5. The Labute approximate surface area is 126 Å². The second kappa shape index (κ2) is 6.31. The molecule has 1 N–H and O–H groups in total. The number of benzene rings is 2. The molecule has 1 atom stereocenters. The minimum atomic E-state index is -0.628. The Morgan fingerprint density at radius 3 is 2.71 bits per heavy atom. The maximum Gasteiger partial charge on any atom is 0.125 e. The van der Waals surface area contributed by atoms with Crippen molar-refractivity contribution in [1.82, 2.24) is 0 Å². The first-order valence-electron chi connectivity index (χ1n) is 7.79. The van der Waals surface area contributed by atoms with Crippen molar-refractivity contribution < 1.29 is 9.84 Å². The summed E-state index contributed by atoms with van der Waals surface area (Å²) in [5.74, 6) is 1.48. The largest absolute Gasteiger partial charge is 0.493 e. The van der Waals surface area contributed by atoms with E-state index >= 15 is 0 Å². The third kappa shape index (κ3) is 3.27. The number of para-hydroxylation sites is 1. The fourth-order valence-electron chi connectivity index (χ4n) is 2.63. The van der Waals surface area contributed by atoms with E-state index in [1.54, 1.807) is 0 Å². The van der Waals surface area contributed by atoms with Gasteiger partial charge in [0.2, 0.25) is 0 Å². The summed E-state index contributed by atoms with van der Waals surface area (Å²) in [6, 6.07) is 16.1. The minimum absolute atomic E-state index is 0.628. The molecule has 0 spiro atoms. The Balaban J connectivity index is 1.87. The maximum atomic E-state index is 10.7. The number of hydrogen-bond donors (Lipinski definition) is 1. The third-order valence-electron chi connectivity index (χ3n) is 3.95. The monoisotopic (exact) mass is 282 g/mol. The molecule has 1 aliphatic carbocycles. The van der Waals surface area contributed by atoms with Crippen LogP contribution in [0.3, 0.4) is 0 Å². The molecule has 2 aromatic rings. The third-order valence-corrected chi connectivity index (χ3v) is 3.95. The highest BCUT2D eigenvalue weighted by atomic mass is 16.5. The number of rotatable bonds is 6. The van der Waals surface area contributed by atoms with Crippen LogP contribution in [0.25, 0.3) is 0 Å². The molecule has 3 rings (SSSR count). The molecule has 0 radical (unpaired) electrons. The molecule has 0 aliphatic heterocycles. The molecule has 2 nitrogen and oxygen atoms in total. The summed E-state index contributed by atoms with van der Waals surface area (Å²) in [5, 5.41) is 10.7. The molecule has 1 aliphatic rings. The summed E-state index contributed by atoms with van der Waals surface area (Å²) in [4.78, 5) is 0. The Bertz CT molecular complexity index is 602. The van der Waals surface area contributed by atoms with Gasteiger partial charge in [-0.3, -0.25) is 0 Å². The van der Waals surface area contributed by atoms with Crippen LogP contribution in [0.5, 0.6) is 5.75 Å².